The zero-order valence-electron chi connectivity index (χ0n) is 10.8. The normalized spacial score (nSPS) is 10.6. The van der Waals surface area contributed by atoms with Crippen molar-refractivity contribution >= 4 is 52.0 Å². The minimum absolute atomic E-state index is 0.0258. The highest BCUT2D eigenvalue weighted by atomic mass is 35.5. The molecule has 3 rings (SSSR count). The van der Waals surface area contributed by atoms with Gasteiger partial charge in [0.15, 0.2) is 5.69 Å². The van der Waals surface area contributed by atoms with Crippen LogP contribution in [-0.2, 0) is 11.3 Å². The molecule has 0 bridgehead atoms. The molecule has 0 aliphatic rings. The van der Waals surface area contributed by atoms with E-state index in [4.69, 9.17) is 27.9 Å². The van der Waals surface area contributed by atoms with Gasteiger partial charge in [0.2, 0.25) is 0 Å². The van der Waals surface area contributed by atoms with Crippen LogP contribution in [0.5, 0.6) is 0 Å². The summed E-state index contributed by atoms with van der Waals surface area (Å²) in [5.74, 6) is -0.527. The van der Waals surface area contributed by atoms with E-state index in [1.165, 1.54) is 11.3 Å². The van der Waals surface area contributed by atoms with E-state index < -0.39 is 5.97 Å². The molecule has 0 saturated heterocycles. The molecule has 5 nitrogen and oxygen atoms in total. The van der Waals surface area contributed by atoms with Crippen molar-refractivity contribution in [3.05, 3.63) is 50.4 Å². The van der Waals surface area contributed by atoms with Gasteiger partial charge in [-0.2, -0.15) is 0 Å². The Hall–Kier alpha value is -1.54. The lowest BCUT2D eigenvalue weighted by Gasteiger charge is -2.00. The van der Waals surface area contributed by atoms with Crippen molar-refractivity contribution in [3.63, 3.8) is 0 Å². The van der Waals surface area contributed by atoms with Gasteiger partial charge in [-0.15, -0.1) is 16.4 Å². The lowest BCUT2D eigenvalue weighted by Crippen LogP contribution is -2.06. The zero-order chi connectivity index (χ0) is 15.5. The maximum Gasteiger partial charge on any atom is 0.358 e. The molecular formula is C13H7Cl2N3O2S2. The smallest absolute Gasteiger partial charge is 0.358 e. The molecule has 2 heterocycles. The Labute approximate surface area is 143 Å². The molecule has 0 unspecified atom stereocenters. The number of carbonyl (C=O) groups excluding carboxylic acids is 1. The number of nitrogens with zero attached hydrogens (tertiary/aromatic N) is 3. The first kappa shape index (κ1) is 15.4. The summed E-state index contributed by atoms with van der Waals surface area (Å²) in [5.41, 5.74) is 1.57. The Morgan fingerprint density at radius 1 is 1.23 bits per heavy atom. The fourth-order valence-corrected chi connectivity index (χ4v) is 3.11. The van der Waals surface area contributed by atoms with E-state index >= 15 is 0 Å². The molecule has 0 saturated carbocycles. The van der Waals surface area contributed by atoms with Gasteiger partial charge in [0.05, 0.1) is 0 Å². The van der Waals surface area contributed by atoms with Gasteiger partial charge in [0.25, 0.3) is 0 Å². The number of hydrogen-bond donors (Lipinski definition) is 0. The number of carbonyl (C=O) groups is 1. The largest absolute Gasteiger partial charge is 0.454 e. The van der Waals surface area contributed by atoms with Crippen LogP contribution < -0.4 is 0 Å². The summed E-state index contributed by atoms with van der Waals surface area (Å²) in [6.07, 6.45) is 0. The monoisotopic (exact) mass is 371 g/mol. The zero-order valence-corrected chi connectivity index (χ0v) is 14.0. The van der Waals surface area contributed by atoms with Gasteiger partial charge in [0.1, 0.15) is 21.6 Å². The maximum atomic E-state index is 12.0. The van der Waals surface area contributed by atoms with Gasteiger partial charge >= 0.3 is 5.97 Å². The fourth-order valence-electron chi connectivity index (χ4n) is 1.58. The van der Waals surface area contributed by atoms with E-state index in [2.05, 4.69) is 14.6 Å². The Balaban J connectivity index is 1.69. The number of halogens is 2. The molecular weight excluding hydrogens is 365 g/mol. The first-order valence-corrected chi connectivity index (χ1v) is 8.39. The van der Waals surface area contributed by atoms with E-state index in [1.54, 1.807) is 17.5 Å². The standard InChI is InChI=1S/C13H7Cl2N3O2S2/c14-8-3-1-7(2-4-8)12-16-10(6-21-12)13(19)20-5-9-11(15)22-18-17-9/h1-4,6H,5H2. The molecule has 0 amide bonds. The number of hydrogen-bond acceptors (Lipinski definition) is 7. The summed E-state index contributed by atoms with van der Waals surface area (Å²) in [7, 11) is 0. The van der Waals surface area contributed by atoms with E-state index in [9.17, 15) is 4.79 Å². The van der Waals surface area contributed by atoms with Gasteiger partial charge in [-0.05, 0) is 12.1 Å². The van der Waals surface area contributed by atoms with Crippen molar-refractivity contribution in [1.29, 1.82) is 0 Å². The lowest BCUT2D eigenvalue weighted by atomic mass is 10.2. The second-order valence-corrected chi connectivity index (χ2v) is 6.76. The first-order valence-electron chi connectivity index (χ1n) is 5.99. The summed E-state index contributed by atoms with van der Waals surface area (Å²) in [6.45, 7) is -0.0258. The van der Waals surface area contributed by atoms with Gasteiger partial charge < -0.3 is 4.74 Å². The predicted molar refractivity (Wildman–Crippen MR) is 86.6 cm³/mol. The molecule has 1 aromatic carbocycles. The van der Waals surface area contributed by atoms with Crippen LogP contribution in [0.3, 0.4) is 0 Å². The van der Waals surface area contributed by atoms with Crippen LogP contribution in [0, 0.1) is 0 Å². The Morgan fingerprint density at radius 2 is 2.00 bits per heavy atom. The van der Waals surface area contributed by atoms with Crippen LogP contribution in [0.2, 0.25) is 9.36 Å². The number of thiazole rings is 1. The molecule has 0 radical (unpaired) electrons. The summed E-state index contributed by atoms with van der Waals surface area (Å²) < 4.78 is 9.20. The van der Waals surface area contributed by atoms with Crippen LogP contribution in [0.25, 0.3) is 10.6 Å². The Kier molecular flexibility index (Phi) is 4.68. The quantitative estimate of drug-likeness (QED) is 0.638. The van der Waals surface area contributed by atoms with Crippen LogP contribution in [0.15, 0.2) is 29.6 Å². The summed E-state index contributed by atoms with van der Waals surface area (Å²) in [4.78, 5) is 16.2. The van der Waals surface area contributed by atoms with Gasteiger partial charge in [-0.25, -0.2) is 9.78 Å². The van der Waals surface area contributed by atoms with Crippen molar-refractivity contribution in [2.75, 3.05) is 0 Å². The highest BCUT2D eigenvalue weighted by molar-refractivity contribution is 7.13. The van der Waals surface area contributed by atoms with Gasteiger partial charge in [-0.3, -0.25) is 0 Å². The minimum Gasteiger partial charge on any atom is -0.454 e. The molecule has 112 valence electrons. The predicted octanol–water partition coefficient (Wildman–Crippen LogP) is 4.33. The topological polar surface area (TPSA) is 65.0 Å². The van der Waals surface area contributed by atoms with E-state index in [-0.39, 0.29) is 12.3 Å². The van der Waals surface area contributed by atoms with E-state index in [0.717, 1.165) is 22.1 Å². The van der Waals surface area contributed by atoms with Gasteiger partial charge in [-0.1, -0.05) is 39.8 Å². The molecule has 0 fully saturated rings. The fraction of sp³-hybridized carbons (Fsp3) is 0.0769. The average Bonchev–Trinajstić information content (AvgIpc) is 3.15. The number of ether oxygens (including phenoxy) is 1. The molecule has 0 spiro atoms. The van der Waals surface area contributed by atoms with Crippen molar-refractivity contribution < 1.29 is 9.53 Å². The van der Waals surface area contributed by atoms with Crippen LogP contribution in [0.4, 0.5) is 0 Å². The van der Waals surface area contributed by atoms with Crippen molar-refractivity contribution in [2.45, 2.75) is 6.61 Å². The molecule has 22 heavy (non-hydrogen) atoms. The lowest BCUT2D eigenvalue weighted by molar-refractivity contribution is 0.0462. The third-order valence-corrected chi connectivity index (χ3v) is 4.78. The second-order valence-electron chi connectivity index (χ2n) is 4.11. The highest BCUT2D eigenvalue weighted by Gasteiger charge is 2.15. The maximum absolute atomic E-state index is 12.0. The van der Waals surface area contributed by atoms with Gasteiger partial charge in [0, 0.05) is 27.5 Å². The minimum atomic E-state index is -0.527. The third-order valence-electron chi connectivity index (χ3n) is 2.65. The van der Waals surface area contributed by atoms with Crippen molar-refractivity contribution in [1.82, 2.24) is 14.6 Å². The summed E-state index contributed by atoms with van der Waals surface area (Å²) in [6, 6.07) is 7.23. The van der Waals surface area contributed by atoms with E-state index in [1.807, 2.05) is 12.1 Å². The molecule has 0 atom stereocenters. The SMILES string of the molecule is O=C(OCc1nnsc1Cl)c1csc(-c2ccc(Cl)cc2)n1. The van der Waals surface area contributed by atoms with Crippen molar-refractivity contribution in [3.8, 4) is 10.6 Å². The second kappa shape index (κ2) is 6.70. The molecule has 0 N–H and O–H groups in total. The van der Waals surface area contributed by atoms with Crippen molar-refractivity contribution in [2.24, 2.45) is 0 Å². The summed E-state index contributed by atoms with van der Waals surface area (Å²) in [5, 5.41) is 6.78. The number of benzene rings is 1. The number of rotatable bonds is 4. The summed E-state index contributed by atoms with van der Waals surface area (Å²) >= 11 is 14.1. The van der Waals surface area contributed by atoms with Crippen LogP contribution >= 0.6 is 46.1 Å². The first-order chi connectivity index (χ1) is 10.6. The molecule has 0 aliphatic heterocycles. The number of esters is 1. The average molecular weight is 372 g/mol. The molecule has 9 heteroatoms. The molecule has 0 aliphatic carbocycles. The number of aromatic nitrogens is 3. The van der Waals surface area contributed by atoms with E-state index in [0.29, 0.717) is 15.1 Å². The van der Waals surface area contributed by atoms with Crippen LogP contribution in [-0.4, -0.2) is 20.5 Å². The van der Waals surface area contributed by atoms with Crippen LogP contribution in [0.1, 0.15) is 16.2 Å². The molecule has 3 aromatic rings. The Bertz CT molecular complexity index is 802. The Morgan fingerprint density at radius 3 is 2.68 bits per heavy atom. The molecule has 2 aromatic heterocycles. The third kappa shape index (κ3) is 3.44. The highest BCUT2D eigenvalue weighted by Crippen LogP contribution is 2.25.